The molecular formula is C27H53O6PS. The van der Waals surface area contributed by atoms with Crippen LogP contribution in [-0.4, -0.2) is 46.5 Å². The third kappa shape index (κ3) is 15.7. The van der Waals surface area contributed by atoms with Crippen molar-refractivity contribution < 1.29 is 28.6 Å². The second-order valence-corrected chi connectivity index (χ2v) is 13.6. The average Bonchev–Trinajstić information content (AvgIpc) is 2.84. The van der Waals surface area contributed by atoms with Gasteiger partial charge >= 0.3 is 13.6 Å². The van der Waals surface area contributed by atoms with E-state index in [-0.39, 0.29) is 6.61 Å². The van der Waals surface area contributed by atoms with Gasteiger partial charge in [0.15, 0.2) is 0 Å². The number of hydrogen-bond acceptors (Lipinski definition) is 5. The zero-order chi connectivity index (χ0) is 25.8. The van der Waals surface area contributed by atoms with Gasteiger partial charge in [-0.15, -0.1) is 11.8 Å². The zero-order valence-electron chi connectivity index (χ0n) is 22.5. The lowest BCUT2D eigenvalue weighted by Gasteiger charge is -2.31. The van der Waals surface area contributed by atoms with Gasteiger partial charge in [-0.1, -0.05) is 104 Å². The highest BCUT2D eigenvalue weighted by molar-refractivity contribution is 8.06. The predicted molar refractivity (Wildman–Crippen MR) is 147 cm³/mol. The summed E-state index contributed by atoms with van der Waals surface area (Å²) in [6.45, 7) is 5.59. The highest BCUT2D eigenvalue weighted by Crippen LogP contribution is 2.53. The van der Waals surface area contributed by atoms with Crippen molar-refractivity contribution in [1.29, 1.82) is 0 Å². The molecule has 0 radical (unpaired) electrons. The summed E-state index contributed by atoms with van der Waals surface area (Å²) in [4.78, 5) is 20.8. The maximum Gasteiger partial charge on any atom is 0.352 e. The van der Waals surface area contributed by atoms with Crippen molar-refractivity contribution in [3.05, 3.63) is 0 Å². The molecule has 0 aromatic carbocycles. The molecule has 1 rings (SSSR count). The monoisotopic (exact) mass is 536 g/mol. The standard InChI is InChI=1S/C27H53O6PS/c1-3-5-7-8-9-10-11-15-20-32-21-16-22-33-34(30,31)27(26(28)29)35-23-25(17-6-4-2)24-18-13-12-14-19-24/h24-25,27H,3-23H2,1-2H3,(H,28,29)(H,30,31). The molecule has 3 atom stereocenters. The summed E-state index contributed by atoms with van der Waals surface area (Å²) in [7, 11) is -4.26. The largest absolute Gasteiger partial charge is 0.480 e. The average molecular weight is 537 g/mol. The van der Waals surface area contributed by atoms with Crippen LogP contribution in [0.2, 0.25) is 0 Å². The Hall–Kier alpha value is -0.0700. The van der Waals surface area contributed by atoms with E-state index in [4.69, 9.17) is 9.26 Å². The lowest BCUT2D eigenvalue weighted by molar-refractivity contribution is -0.135. The molecule has 208 valence electrons. The Balaban J connectivity index is 2.28. The first-order chi connectivity index (χ1) is 16.9. The van der Waals surface area contributed by atoms with E-state index >= 15 is 0 Å². The summed E-state index contributed by atoms with van der Waals surface area (Å²) in [6, 6.07) is 0. The van der Waals surface area contributed by atoms with Crippen molar-refractivity contribution in [2.75, 3.05) is 25.6 Å². The Bertz CT molecular complexity index is 570. The van der Waals surface area contributed by atoms with Gasteiger partial charge in [0, 0.05) is 13.2 Å². The van der Waals surface area contributed by atoms with Crippen LogP contribution >= 0.6 is 19.4 Å². The number of carbonyl (C=O) groups is 1. The molecule has 0 spiro atoms. The van der Waals surface area contributed by atoms with E-state index < -0.39 is 18.6 Å². The van der Waals surface area contributed by atoms with E-state index in [0.29, 0.717) is 37.2 Å². The number of unbranched alkanes of at least 4 members (excludes halogenated alkanes) is 8. The van der Waals surface area contributed by atoms with Crippen molar-refractivity contribution in [2.45, 2.75) is 128 Å². The van der Waals surface area contributed by atoms with Crippen LogP contribution in [0.4, 0.5) is 0 Å². The minimum atomic E-state index is -4.26. The van der Waals surface area contributed by atoms with Gasteiger partial charge in [0.2, 0.25) is 4.99 Å². The molecule has 35 heavy (non-hydrogen) atoms. The van der Waals surface area contributed by atoms with Crippen LogP contribution in [0.5, 0.6) is 0 Å². The van der Waals surface area contributed by atoms with Gasteiger partial charge in [0.05, 0.1) is 6.61 Å². The first-order valence-electron chi connectivity index (χ1n) is 14.3. The molecule has 6 nitrogen and oxygen atoms in total. The molecule has 1 saturated carbocycles. The lowest BCUT2D eigenvalue weighted by atomic mass is 9.79. The summed E-state index contributed by atoms with van der Waals surface area (Å²) < 4.78 is 23.6. The Morgan fingerprint density at radius 2 is 1.49 bits per heavy atom. The van der Waals surface area contributed by atoms with Crippen molar-refractivity contribution >= 4 is 25.3 Å². The summed E-state index contributed by atoms with van der Waals surface area (Å²) in [5, 5.41) is 9.65. The van der Waals surface area contributed by atoms with Gasteiger partial charge in [-0.3, -0.25) is 9.36 Å². The molecular weight excluding hydrogens is 483 g/mol. The molecule has 0 bridgehead atoms. The fourth-order valence-corrected chi connectivity index (χ4v) is 7.92. The molecule has 8 heteroatoms. The van der Waals surface area contributed by atoms with Crippen molar-refractivity contribution in [2.24, 2.45) is 11.8 Å². The van der Waals surface area contributed by atoms with Crippen molar-refractivity contribution in [3.63, 3.8) is 0 Å². The van der Waals surface area contributed by atoms with Crippen LogP contribution < -0.4 is 0 Å². The van der Waals surface area contributed by atoms with E-state index in [1.165, 1.54) is 77.0 Å². The molecule has 1 fully saturated rings. The second-order valence-electron chi connectivity index (χ2n) is 10.2. The Morgan fingerprint density at radius 3 is 2.11 bits per heavy atom. The number of hydrogen-bond donors (Lipinski definition) is 2. The smallest absolute Gasteiger partial charge is 0.352 e. The van der Waals surface area contributed by atoms with Gasteiger partial charge < -0.3 is 19.3 Å². The zero-order valence-corrected chi connectivity index (χ0v) is 24.2. The normalized spacial score (nSPS) is 18.3. The summed E-state index contributed by atoms with van der Waals surface area (Å²) >= 11 is 1.11. The number of thioether (sulfide) groups is 1. The Morgan fingerprint density at radius 1 is 0.886 bits per heavy atom. The topological polar surface area (TPSA) is 93.1 Å². The molecule has 0 aliphatic heterocycles. The van der Waals surface area contributed by atoms with Crippen LogP contribution in [-0.2, 0) is 18.6 Å². The van der Waals surface area contributed by atoms with Gasteiger partial charge in [-0.2, -0.15) is 0 Å². The summed E-state index contributed by atoms with van der Waals surface area (Å²) in [5.41, 5.74) is 0. The summed E-state index contributed by atoms with van der Waals surface area (Å²) in [5.74, 6) is 0.364. The molecule has 0 amide bonds. The first-order valence-corrected chi connectivity index (χ1v) is 17.0. The molecule has 2 N–H and O–H groups in total. The van der Waals surface area contributed by atoms with Crippen LogP contribution in [0.1, 0.15) is 123 Å². The van der Waals surface area contributed by atoms with Crippen molar-refractivity contribution in [1.82, 2.24) is 0 Å². The minimum Gasteiger partial charge on any atom is -0.480 e. The highest BCUT2D eigenvalue weighted by atomic mass is 32.2. The fraction of sp³-hybridized carbons (Fsp3) is 0.963. The number of carboxylic acid groups (broad SMARTS) is 1. The second kappa shape index (κ2) is 20.9. The van der Waals surface area contributed by atoms with E-state index in [0.717, 1.165) is 37.4 Å². The van der Waals surface area contributed by atoms with Crippen LogP contribution in [0, 0.1) is 11.8 Å². The maximum absolute atomic E-state index is 12.8. The van der Waals surface area contributed by atoms with Crippen LogP contribution in [0.25, 0.3) is 0 Å². The number of aliphatic carboxylic acids is 1. The van der Waals surface area contributed by atoms with Gasteiger partial charge in [0.1, 0.15) is 0 Å². The Labute approximate surface area is 219 Å². The molecule has 0 saturated heterocycles. The minimum absolute atomic E-state index is 0.0391. The highest BCUT2D eigenvalue weighted by Gasteiger charge is 2.40. The van der Waals surface area contributed by atoms with Crippen LogP contribution in [0.15, 0.2) is 0 Å². The van der Waals surface area contributed by atoms with E-state index in [1.807, 2.05) is 0 Å². The van der Waals surface area contributed by atoms with Crippen LogP contribution in [0.3, 0.4) is 0 Å². The SMILES string of the molecule is CCCCCCCCCCOCCCOP(=O)(O)C(SCC(CCCC)C1CCCCC1)C(=O)O. The molecule has 1 aliphatic carbocycles. The van der Waals surface area contributed by atoms with Crippen molar-refractivity contribution in [3.8, 4) is 0 Å². The summed E-state index contributed by atoms with van der Waals surface area (Å²) in [6.07, 6.45) is 19.9. The molecule has 3 unspecified atom stereocenters. The van der Waals surface area contributed by atoms with E-state index in [2.05, 4.69) is 13.8 Å². The number of carboxylic acids is 1. The lowest BCUT2D eigenvalue weighted by Crippen LogP contribution is -2.24. The fourth-order valence-electron chi connectivity index (χ4n) is 4.91. The van der Waals surface area contributed by atoms with Gasteiger partial charge in [0.25, 0.3) is 0 Å². The molecule has 0 aromatic rings. The van der Waals surface area contributed by atoms with E-state index in [9.17, 15) is 19.4 Å². The quantitative estimate of drug-likeness (QED) is 0.100. The van der Waals surface area contributed by atoms with Gasteiger partial charge in [-0.25, -0.2) is 0 Å². The Kier molecular flexibility index (Phi) is 19.7. The molecule has 0 heterocycles. The van der Waals surface area contributed by atoms with Gasteiger partial charge in [-0.05, 0) is 36.9 Å². The number of rotatable bonds is 23. The predicted octanol–water partition coefficient (Wildman–Crippen LogP) is 8.27. The molecule has 0 aromatic heterocycles. The number of ether oxygens (including phenoxy) is 1. The first kappa shape index (κ1) is 33.0. The van der Waals surface area contributed by atoms with E-state index in [1.54, 1.807) is 0 Å². The molecule has 1 aliphatic rings. The maximum atomic E-state index is 12.8. The third-order valence-corrected chi connectivity index (χ3v) is 10.8. The third-order valence-electron chi connectivity index (χ3n) is 7.07.